The van der Waals surface area contributed by atoms with E-state index in [0.717, 1.165) is 5.33 Å². The summed E-state index contributed by atoms with van der Waals surface area (Å²) < 4.78 is 0. The van der Waals surface area contributed by atoms with Crippen LogP contribution >= 0.6 is 15.9 Å². The van der Waals surface area contributed by atoms with Crippen LogP contribution in [0.1, 0.15) is 24.0 Å². The number of alkyl halides is 1. The van der Waals surface area contributed by atoms with Gasteiger partial charge in [-0.3, -0.25) is 0 Å². The maximum Gasteiger partial charge on any atom is 0.0129 e. The molecule has 0 radical (unpaired) electrons. The number of halogens is 1. The van der Waals surface area contributed by atoms with Gasteiger partial charge in [0, 0.05) is 10.7 Å². The molecule has 12 heavy (non-hydrogen) atoms. The minimum absolute atomic E-state index is 0.492. The lowest BCUT2D eigenvalue weighted by Crippen LogP contribution is -2.07. The molecule has 0 unspecified atom stereocenters. The van der Waals surface area contributed by atoms with Crippen molar-refractivity contribution in [2.45, 2.75) is 25.2 Å². The largest absolute Gasteiger partial charge is 0.0918 e. The van der Waals surface area contributed by atoms with Crippen molar-refractivity contribution in [1.82, 2.24) is 0 Å². The maximum atomic E-state index is 3.59. The highest BCUT2D eigenvalue weighted by atomic mass is 79.9. The molecule has 0 bridgehead atoms. The van der Waals surface area contributed by atoms with E-state index in [4.69, 9.17) is 0 Å². The quantitative estimate of drug-likeness (QED) is 0.676. The van der Waals surface area contributed by atoms with E-state index in [1.165, 1.54) is 24.0 Å². The molecule has 0 amide bonds. The Hall–Kier alpha value is -0.300. The van der Waals surface area contributed by atoms with Crippen LogP contribution in [0.5, 0.6) is 0 Å². The monoisotopic (exact) mass is 224 g/mol. The van der Waals surface area contributed by atoms with Gasteiger partial charge in [0.15, 0.2) is 0 Å². The molecule has 0 aliphatic heterocycles. The molecule has 1 aliphatic rings. The first-order chi connectivity index (χ1) is 5.77. The van der Waals surface area contributed by atoms with Gasteiger partial charge in [-0.1, -0.05) is 45.8 Å². The zero-order valence-corrected chi connectivity index (χ0v) is 8.89. The van der Waals surface area contributed by atoms with Crippen molar-refractivity contribution in [3.8, 4) is 0 Å². The van der Waals surface area contributed by atoms with E-state index in [1.807, 2.05) is 0 Å². The number of hydrogen-bond donors (Lipinski definition) is 0. The predicted molar refractivity (Wildman–Crippen MR) is 55.9 cm³/mol. The van der Waals surface area contributed by atoms with Gasteiger partial charge < -0.3 is 0 Å². The van der Waals surface area contributed by atoms with Gasteiger partial charge in [-0.05, 0) is 25.3 Å². The molecule has 1 aromatic rings. The summed E-state index contributed by atoms with van der Waals surface area (Å²) in [5, 5.41) is 1.11. The Labute approximate surface area is 82.1 Å². The molecule has 0 atom stereocenters. The van der Waals surface area contributed by atoms with E-state index in [9.17, 15) is 0 Å². The van der Waals surface area contributed by atoms with Crippen LogP contribution in [0, 0.1) is 6.92 Å². The molecule has 1 heteroatoms. The lowest BCUT2D eigenvalue weighted by molar-refractivity contribution is 0.808. The van der Waals surface area contributed by atoms with Crippen LogP contribution in [-0.2, 0) is 5.41 Å². The van der Waals surface area contributed by atoms with E-state index >= 15 is 0 Å². The molecule has 0 aromatic heterocycles. The van der Waals surface area contributed by atoms with Crippen LogP contribution in [0.3, 0.4) is 0 Å². The van der Waals surface area contributed by atoms with Gasteiger partial charge >= 0.3 is 0 Å². The Bertz CT molecular complexity index is 287. The Morgan fingerprint density at radius 2 is 2.17 bits per heavy atom. The van der Waals surface area contributed by atoms with Crippen molar-refractivity contribution in [1.29, 1.82) is 0 Å². The molecule has 0 nitrogen and oxygen atoms in total. The third-order valence-corrected chi connectivity index (χ3v) is 3.81. The van der Waals surface area contributed by atoms with Crippen LogP contribution in [0.2, 0.25) is 0 Å². The highest BCUT2D eigenvalue weighted by Crippen LogP contribution is 2.49. The van der Waals surface area contributed by atoms with Gasteiger partial charge in [0.25, 0.3) is 0 Å². The fourth-order valence-corrected chi connectivity index (χ4v) is 2.51. The van der Waals surface area contributed by atoms with Gasteiger partial charge in [-0.15, -0.1) is 0 Å². The Kier molecular flexibility index (Phi) is 1.99. The summed E-state index contributed by atoms with van der Waals surface area (Å²) >= 11 is 3.59. The third kappa shape index (κ3) is 1.31. The summed E-state index contributed by atoms with van der Waals surface area (Å²) in [4.78, 5) is 0. The van der Waals surface area contributed by atoms with E-state index in [2.05, 4.69) is 47.1 Å². The molecule has 0 heterocycles. The standard InChI is InChI=1S/C11H13Br/c1-9-3-2-4-10(7-9)11(8-12)5-6-11/h2-4,7H,5-6,8H2,1H3. The maximum absolute atomic E-state index is 3.59. The van der Waals surface area contributed by atoms with Gasteiger partial charge in [0.05, 0.1) is 0 Å². The minimum Gasteiger partial charge on any atom is -0.0918 e. The molecule has 0 spiro atoms. The first-order valence-corrected chi connectivity index (χ1v) is 5.52. The zero-order valence-electron chi connectivity index (χ0n) is 7.31. The third-order valence-electron chi connectivity index (χ3n) is 2.74. The summed E-state index contributed by atoms with van der Waals surface area (Å²) in [5.41, 5.74) is 3.38. The zero-order chi connectivity index (χ0) is 8.60. The van der Waals surface area contributed by atoms with Crippen LogP contribution in [-0.4, -0.2) is 5.33 Å². The molecular formula is C11H13Br. The minimum atomic E-state index is 0.492. The molecule has 0 N–H and O–H groups in total. The van der Waals surface area contributed by atoms with Crippen molar-refractivity contribution < 1.29 is 0 Å². The molecule has 0 saturated heterocycles. The van der Waals surface area contributed by atoms with Gasteiger partial charge in [-0.25, -0.2) is 0 Å². The van der Waals surface area contributed by atoms with Crippen molar-refractivity contribution in [3.63, 3.8) is 0 Å². The first kappa shape index (κ1) is 8.31. The fourth-order valence-electron chi connectivity index (χ4n) is 1.63. The summed E-state index contributed by atoms with van der Waals surface area (Å²) in [6.45, 7) is 2.16. The molecule has 1 fully saturated rings. The van der Waals surface area contributed by atoms with Crippen LogP contribution in [0.25, 0.3) is 0 Å². The average Bonchev–Trinajstić information content (AvgIpc) is 2.84. The van der Waals surface area contributed by atoms with Crippen molar-refractivity contribution in [3.05, 3.63) is 35.4 Å². The smallest absolute Gasteiger partial charge is 0.0129 e. The summed E-state index contributed by atoms with van der Waals surface area (Å²) in [7, 11) is 0. The SMILES string of the molecule is Cc1cccc(C2(CBr)CC2)c1. The molecule has 1 saturated carbocycles. The number of benzene rings is 1. The topological polar surface area (TPSA) is 0 Å². The second kappa shape index (κ2) is 2.88. The molecule has 1 aromatic carbocycles. The van der Waals surface area contributed by atoms with Gasteiger partial charge in [-0.2, -0.15) is 0 Å². The van der Waals surface area contributed by atoms with Crippen molar-refractivity contribution in [2.24, 2.45) is 0 Å². The fraction of sp³-hybridized carbons (Fsp3) is 0.455. The van der Waals surface area contributed by atoms with Crippen molar-refractivity contribution in [2.75, 3.05) is 5.33 Å². The lowest BCUT2D eigenvalue weighted by atomic mass is 9.97. The molecule has 1 aliphatic carbocycles. The van der Waals surface area contributed by atoms with Gasteiger partial charge in [0.2, 0.25) is 0 Å². The average molecular weight is 225 g/mol. The second-order valence-corrected chi connectivity index (χ2v) is 4.34. The second-order valence-electron chi connectivity index (χ2n) is 3.78. The summed E-state index contributed by atoms with van der Waals surface area (Å²) in [6, 6.07) is 8.89. The highest BCUT2D eigenvalue weighted by molar-refractivity contribution is 9.09. The molecular weight excluding hydrogens is 212 g/mol. The van der Waals surface area contributed by atoms with Crippen LogP contribution in [0.4, 0.5) is 0 Å². The first-order valence-electron chi connectivity index (χ1n) is 4.40. The van der Waals surface area contributed by atoms with E-state index in [-0.39, 0.29) is 0 Å². The van der Waals surface area contributed by atoms with Crippen LogP contribution < -0.4 is 0 Å². The highest BCUT2D eigenvalue weighted by Gasteiger charge is 2.42. The Morgan fingerprint density at radius 3 is 2.67 bits per heavy atom. The van der Waals surface area contributed by atoms with Crippen molar-refractivity contribution >= 4 is 15.9 Å². The predicted octanol–water partition coefficient (Wildman–Crippen LogP) is 3.42. The molecule has 2 rings (SSSR count). The number of hydrogen-bond acceptors (Lipinski definition) is 0. The van der Waals surface area contributed by atoms with Gasteiger partial charge in [0.1, 0.15) is 0 Å². The number of rotatable bonds is 2. The normalized spacial score (nSPS) is 19.2. The Balaban J connectivity index is 2.34. The van der Waals surface area contributed by atoms with E-state index < -0.39 is 0 Å². The summed E-state index contributed by atoms with van der Waals surface area (Å²) in [6.07, 6.45) is 2.70. The van der Waals surface area contributed by atoms with Crippen LogP contribution in [0.15, 0.2) is 24.3 Å². The molecule has 64 valence electrons. The Morgan fingerprint density at radius 1 is 1.42 bits per heavy atom. The number of aryl methyl sites for hydroxylation is 1. The van der Waals surface area contributed by atoms with E-state index in [0.29, 0.717) is 5.41 Å². The lowest BCUT2D eigenvalue weighted by Gasteiger charge is -2.11. The summed E-state index contributed by atoms with van der Waals surface area (Å²) in [5.74, 6) is 0. The van der Waals surface area contributed by atoms with E-state index in [1.54, 1.807) is 0 Å².